The number of aromatic nitrogens is 1. The number of carboxylic acids is 1. The maximum atomic E-state index is 12.9. The number of pyridine rings is 1. The van der Waals surface area contributed by atoms with E-state index < -0.39 is 29.4 Å². The van der Waals surface area contributed by atoms with Gasteiger partial charge in [0, 0.05) is 17.3 Å². The van der Waals surface area contributed by atoms with Gasteiger partial charge in [0.15, 0.2) is 0 Å². The van der Waals surface area contributed by atoms with Crippen molar-refractivity contribution in [1.29, 1.82) is 0 Å². The lowest BCUT2D eigenvalue weighted by Gasteiger charge is -2.12. The molecule has 3 aromatic rings. The SMILES string of the molecule is O=C(O)c1cc(-c2cccc(C(F)(F)F)c2)ncc1-c1cccc(C(F)(F)F)c1. The molecule has 1 N–H and O–H groups in total. The number of alkyl halides is 6. The Kier molecular flexibility index (Phi) is 5.08. The lowest BCUT2D eigenvalue weighted by molar-refractivity contribution is -0.138. The van der Waals surface area contributed by atoms with Crippen LogP contribution in [0.25, 0.3) is 22.4 Å². The fourth-order valence-corrected chi connectivity index (χ4v) is 2.74. The van der Waals surface area contributed by atoms with Crippen molar-refractivity contribution in [3.63, 3.8) is 0 Å². The molecule has 0 radical (unpaired) electrons. The second-order valence-corrected chi connectivity index (χ2v) is 6.08. The van der Waals surface area contributed by atoms with Crippen LogP contribution in [0.2, 0.25) is 0 Å². The fourth-order valence-electron chi connectivity index (χ4n) is 2.74. The molecule has 2 aromatic carbocycles. The molecule has 0 aliphatic heterocycles. The van der Waals surface area contributed by atoms with Crippen molar-refractivity contribution < 1.29 is 36.2 Å². The summed E-state index contributed by atoms with van der Waals surface area (Å²) in [6.07, 6.45) is -8.18. The summed E-state index contributed by atoms with van der Waals surface area (Å²) in [7, 11) is 0. The molecule has 0 saturated heterocycles. The molecule has 0 spiro atoms. The molecule has 0 atom stereocenters. The summed E-state index contributed by atoms with van der Waals surface area (Å²) in [6.45, 7) is 0. The number of hydrogen-bond donors (Lipinski definition) is 1. The predicted octanol–water partition coefficient (Wildman–Crippen LogP) is 6.15. The molecule has 0 saturated carbocycles. The van der Waals surface area contributed by atoms with E-state index >= 15 is 0 Å². The minimum absolute atomic E-state index is 0.0258. The first-order valence-electron chi connectivity index (χ1n) is 8.05. The van der Waals surface area contributed by atoms with Crippen LogP contribution in [0.15, 0.2) is 60.8 Å². The second kappa shape index (κ2) is 7.23. The molecule has 29 heavy (non-hydrogen) atoms. The minimum Gasteiger partial charge on any atom is -0.478 e. The first-order valence-corrected chi connectivity index (χ1v) is 8.05. The van der Waals surface area contributed by atoms with E-state index in [1.54, 1.807) is 0 Å². The van der Waals surface area contributed by atoms with E-state index in [9.17, 15) is 36.2 Å². The van der Waals surface area contributed by atoms with Gasteiger partial charge >= 0.3 is 18.3 Å². The third-order valence-corrected chi connectivity index (χ3v) is 4.12. The zero-order valence-corrected chi connectivity index (χ0v) is 14.3. The number of aromatic carboxylic acids is 1. The Morgan fingerprint density at radius 3 is 1.83 bits per heavy atom. The molecule has 1 heterocycles. The Morgan fingerprint density at radius 2 is 1.31 bits per heavy atom. The van der Waals surface area contributed by atoms with E-state index in [4.69, 9.17) is 0 Å². The normalized spacial score (nSPS) is 12.1. The van der Waals surface area contributed by atoms with Crippen LogP contribution in [-0.4, -0.2) is 16.1 Å². The molecule has 9 heteroatoms. The Labute approximate surface area is 160 Å². The van der Waals surface area contributed by atoms with E-state index in [0.29, 0.717) is 0 Å². The number of rotatable bonds is 3. The molecule has 0 amide bonds. The third kappa shape index (κ3) is 4.39. The Bertz CT molecular complexity index is 1070. The summed E-state index contributed by atoms with van der Waals surface area (Å²) >= 11 is 0. The summed E-state index contributed by atoms with van der Waals surface area (Å²) in [6, 6.07) is 9.24. The highest BCUT2D eigenvalue weighted by atomic mass is 19.4. The van der Waals surface area contributed by atoms with Gasteiger partial charge in [-0.25, -0.2) is 4.79 Å². The van der Waals surface area contributed by atoms with Gasteiger partial charge in [-0.15, -0.1) is 0 Å². The van der Waals surface area contributed by atoms with Gasteiger partial charge in [-0.05, 0) is 35.9 Å². The first-order chi connectivity index (χ1) is 13.5. The number of carbonyl (C=O) groups is 1. The molecule has 3 rings (SSSR count). The van der Waals surface area contributed by atoms with Crippen LogP contribution < -0.4 is 0 Å². The van der Waals surface area contributed by atoms with Crippen molar-refractivity contribution in [2.45, 2.75) is 12.4 Å². The molecular formula is C20H11F6NO2. The fraction of sp³-hybridized carbons (Fsp3) is 0.100. The topological polar surface area (TPSA) is 50.2 Å². The molecule has 0 bridgehead atoms. The zero-order chi connectivity index (χ0) is 21.4. The average Bonchev–Trinajstić information content (AvgIpc) is 2.66. The van der Waals surface area contributed by atoms with Gasteiger partial charge in [0.25, 0.3) is 0 Å². The van der Waals surface area contributed by atoms with Gasteiger partial charge in [0.05, 0.1) is 22.4 Å². The summed E-state index contributed by atoms with van der Waals surface area (Å²) in [5.41, 5.74) is -2.42. The van der Waals surface area contributed by atoms with Gasteiger partial charge < -0.3 is 5.11 Å². The standard InChI is InChI=1S/C20H11F6NO2/c21-19(22,23)13-5-1-3-11(7-13)16-10-27-17(9-15(16)18(28)29)12-4-2-6-14(8-12)20(24,25)26/h1-10H,(H,28,29). The van der Waals surface area contributed by atoms with Crippen LogP contribution in [0.1, 0.15) is 21.5 Å². The number of halogens is 6. The van der Waals surface area contributed by atoms with Crippen molar-refractivity contribution in [2.24, 2.45) is 0 Å². The number of benzene rings is 2. The molecule has 0 unspecified atom stereocenters. The van der Waals surface area contributed by atoms with Crippen molar-refractivity contribution in [3.8, 4) is 22.4 Å². The lowest BCUT2D eigenvalue weighted by Crippen LogP contribution is -2.06. The maximum Gasteiger partial charge on any atom is 0.416 e. The Balaban J connectivity index is 2.11. The zero-order valence-electron chi connectivity index (χ0n) is 14.3. The highest BCUT2D eigenvalue weighted by molar-refractivity contribution is 5.97. The van der Waals surface area contributed by atoms with Crippen LogP contribution in [0, 0.1) is 0 Å². The molecular weight excluding hydrogens is 400 g/mol. The quantitative estimate of drug-likeness (QED) is 0.526. The molecule has 0 fully saturated rings. The highest BCUT2D eigenvalue weighted by Crippen LogP contribution is 2.35. The highest BCUT2D eigenvalue weighted by Gasteiger charge is 2.31. The van der Waals surface area contributed by atoms with E-state index in [1.165, 1.54) is 12.1 Å². The maximum absolute atomic E-state index is 12.9. The smallest absolute Gasteiger partial charge is 0.416 e. The summed E-state index contributed by atoms with van der Waals surface area (Å²) in [4.78, 5) is 15.6. The minimum atomic E-state index is -4.62. The van der Waals surface area contributed by atoms with Gasteiger partial charge in [0.2, 0.25) is 0 Å². The summed E-state index contributed by atoms with van der Waals surface area (Å²) < 4.78 is 77.5. The molecule has 3 nitrogen and oxygen atoms in total. The van der Waals surface area contributed by atoms with Crippen LogP contribution in [0.3, 0.4) is 0 Å². The Hall–Kier alpha value is -3.36. The summed E-state index contributed by atoms with van der Waals surface area (Å²) in [5.74, 6) is -1.45. The van der Waals surface area contributed by atoms with Gasteiger partial charge in [-0.1, -0.05) is 24.3 Å². The monoisotopic (exact) mass is 411 g/mol. The summed E-state index contributed by atoms with van der Waals surface area (Å²) in [5, 5.41) is 9.48. The van der Waals surface area contributed by atoms with Crippen molar-refractivity contribution in [2.75, 3.05) is 0 Å². The van der Waals surface area contributed by atoms with E-state index in [1.807, 2.05) is 0 Å². The van der Waals surface area contributed by atoms with Crippen molar-refractivity contribution in [1.82, 2.24) is 4.98 Å². The second-order valence-electron chi connectivity index (χ2n) is 6.08. The van der Waals surface area contributed by atoms with Crippen LogP contribution in [-0.2, 0) is 12.4 Å². The molecule has 0 aliphatic rings. The first kappa shape index (κ1) is 20.4. The number of nitrogens with zero attached hydrogens (tertiary/aromatic N) is 1. The molecule has 0 aliphatic carbocycles. The number of carboxylic acid groups (broad SMARTS) is 1. The van der Waals surface area contributed by atoms with E-state index in [2.05, 4.69) is 4.98 Å². The van der Waals surface area contributed by atoms with Crippen LogP contribution >= 0.6 is 0 Å². The lowest BCUT2D eigenvalue weighted by atomic mass is 9.97. The largest absolute Gasteiger partial charge is 0.478 e. The van der Waals surface area contributed by atoms with Gasteiger partial charge in [0.1, 0.15) is 0 Å². The average molecular weight is 411 g/mol. The third-order valence-electron chi connectivity index (χ3n) is 4.12. The molecule has 1 aromatic heterocycles. The van der Waals surface area contributed by atoms with Crippen molar-refractivity contribution >= 4 is 5.97 Å². The van der Waals surface area contributed by atoms with Crippen molar-refractivity contribution in [3.05, 3.63) is 77.5 Å². The van der Waals surface area contributed by atoms with Crippen LogP contribution in [0.4, 0.5) is 26.3 Å². The predicted molar refractivity (Wildman–Crippen MR) is 92.1 cm³/mol. The number of hydrogen-bond acceptors (Lipinski definition) is 2. The van der Waals surface area contributed by atoms with Gasteiger partial charge in [-0.3, -0.25) is 4.98 Å². The van der Waals surface area contributed by atoms with Gasteiger partial charge in [-0.2, -0.15) is 26.3 Å². The molecule has 150 valence electrons. The van der Waals surface area contributed by atoms with E-state index in [-0.39, 0.29) is 27.9 Å². The van der Waals surface area contributed by atoms with E-state index in [0.717, 1.165) is 48.7 Å². The van der Waals surface area contributed by atoms with Crippen LogP contribution in [0.5, 0.6) is 0 Å². The Morgan fingerprint density at radius 1 is 0.793 bits per heavy atom.